The Kier molecular flexibility index (Phi) is 4.03. The molecule has 1 saturated carbocycles. The number of amides is 1. The molecule has 1 fully saturated rings. The third-order valence-electron chi connectivity index (χ3n) is 4.09. The summed E-state index contributed by atoms with van der Waals surface area (Å²) < 4.78 is 0.192. The zero-order valence-electron chi connectivity index (χ0n) is 11.9. The number of aromatic nitrogens is 2. The first-order valence-electron chi connectivity index (χ1n) is 6.97. The number of anilines is 1. The average molecular weight is 322 g/mol. The molecule has 0 bridgehead atoms. The lowest BCUT2D eigenvalue weighted by atomic mass is 10.1. The predicted octanol–water partition coefficient (Wildman–Crippen LogP) is 2.68. The highest BCUT2D eigenvalue weighted by Crippen LogP contribution is 2.39. The number of thioether (sulfide) groups is 1. The first-order chi connectivity index (χ1) is 10.2. The van der Waals surface area contributed by atoms with Crippen LogP contribution in [0.3, 0.4) is 0 Å². The molecule has 0 aromatic carbocycles. The molecule has 1 aliphatic carbocycles. The third kappa shape index (κ3) is 2.72. The largest absolute Gasteiger partial charge is 0.396 e. The van der Waals surface area contributed by atoms with E-state index in [4.69, 9.17) is 5.73 Å². The Bertz CT molecular complexity index is 664. The van der Waals surface area contributed by atoms with Gasteiger partial charge in [0.15, 0.2) is 0 Å². The Morgan fingerprint density at radius 3 is 2.81 bits per heavy atom. The van der Waals surface area contributed by atoms with Crippen LogP contribution in [-0.2, 0) is 0 Å². The first kappa shape index (κ1) is 14.6. The number of hydrogen-bond acceptors (Lipinski definition) is 6. The zero-order chi connectivity index (χ0) is 14.9. The summed E-state index contributed by atoms with van der Waals surface area (Å²) in [6.45, 7) is 0.696. The minimum atomic E-state index is -0.113. The lowest BCUT2D eigenvalue weighted by molar-refractivity contribution is 0.0954. The van der Waals surface area contributed by atoms with E-state index in [2.05, 4.69) is 21.5 Å². The molecule has 0 radical (unpaired) electrons. The molecule has 0 unspecified atom stereocenters. The molecule has 7 heteroatoms. The van der Waals surface area contributed by atoms with E-state index in [1.54, 1.807) is 12.4 Å². The van der Waals surface area contributed by atoms with Crippen molar-refractivity contribution in [1.29, 1.82) is 0 Å². The van der Waals surface area contributed by atoms with Crippen molar-refractivity contribution in [3.05, 3.63) is 17.3 Å². The Balaban J connectivity index is 1.76. The molecule has 2 aromatic rings. The van der Waals surface area contributed by atoms with Crippen molar-refractivity contribution >= 4 is 45.0 Å². The van der Waals surface area contributed by atoms with Gasteiger partial charge >= 0.3 is 0 Å². The Morgan fingerprint density at radius 2 is 2.14 bits per heavy atom. The molecule has 2 heterocycles. The molecule has 0 spiro atoms. The SMILES string of the molecule is CSC1(CNC(=O)c2sc3nccnc3c2N)CCCC1. The van der Waals surface area contributed by atoms with E-state index in [9.17, 15) is 4.79 Å². The standard InChI is InChI=1S/C14H18N4OS2/c1-20-14(4-2-3-5-14)8-18-12(19)11-9(15)10-13(21-11)17-7-6-16-10/h6-7H,2-5,8,15H2,1H3,(H,18,19). The topological polar surface area (TPSA) is 80.9 Å². The summed E-state index contributed by atoms with van der Waals surface area (Å²) >= 11 is 3.16. The smallest absolute Gasteiger partial charge is 0.263 e. The van der Waals surface area contributed by atoms with Crippen LogP contribution in [0.4, 0.5) is 5.69 Å². The Labute approximate surface area is 131 Å². The quantitative estimate of drug-likeness (QED) is 0.904. The van der Waals surface area contributed by atoms with Crippen molar-refractivity contribution in [3.63, 3.8) is 0 Å². The van der Waals surface area contributed by atoms with E-state index in [-0.39, 0.29) is 10.7 Å². The second-order valence-corrected chi connectivity index (χ2v) is 7.61. The van der Waals surface area contributed by atoms with Crippen molar-refractivity contribution < 1.29 is 4.79 Å². The number of thiophene rings is 1. The van der Waals surface area contributed by atoms with Crippen LogP contribution < -0.4 is 11.1 Å². The zero-order valence-corrected chi connectivity index (χ0v) is 13.5. The molecule has 2 aromatic heterocycles. The number of nitrogen functional groups attached to an aromatic ring is 1. The molecule has 112 valence electrons. The number of nitrogens with zero attached hydrogens (tertiary/aromatic N) is 2. The lowest BCUT2D eigenvalue weighted by Gasteiger charge is -2.26. The second-order valence-electron chi connectivity index (χ2n) is 5.33. The minimum Gasteiger partial charge on any atom is -0.396 e. The summed E-state index contributed by atoms with van der Waals surface area (Å²) in [6.07, 6.45) is 10.2. The van der Waals surface area contributed by atoms with E-state index in [1.165, 1.54) is 37.0 Å². The minimum absolute atomic E-state index is 0.113. The van der Waals surface area contributed by atoms with E-state index in [0.29, 0.717) is 27.5 Å². The van der Waals surface area contributed by atoms with Crippen molar-refractivity contribution in [2.24, 2.45) is 0 Å². The van der Waals surface area contributed by atoms with Crippen LogP contribution in [0.2, 0.25) is 0 Å². The van der Waals surface area contributed by atoms with Gasteiger partial charge in [-0.25, -0.2) is 9.97 Å². The van der Waals surface area contributed by atoms with Crippen molar-refractivity contribution in [2.75, 3.05) is 18.5 Å². The molecule has 0 saturated heterocycles. The molecule has 1 amide bonds. The number of carbonyl (C=O) groups excluding carboxylic acids is 1. The molecule has 0 aliphatic heterocycles. The number of carbonyl (C=O) groups is 1. The van der Waals surface area contributed by atoms with Crippen LogP contribution in [0.5, 0.6) is 0 Å². The summed E-state index contributed by atoms with van der Waals surface area (Å²) in [7, 11) is 0. The number of rotatable bonds is 4. The van der Waals surface area contributed by atoms with E-state index >= 15 is 0 Å². The highest BCUT2D eigenvalue weighted by Gasteiger charge is 2.33. The van der Waals surface area contributed by atoms with Gasteiger partial charge in [-0.2, -0.15) is 11.8 Å². The van der Waals surface area contributed by atoms with Crippen molar-refractivity contribution in [3.8, 4) is 0 Å². The molecule has 5 nitrogen and oxygen atoms in total. The lowest BCUT2D eigenvalue weighted by Crippen LogP contribution is -2.38. The van der Waals surface area contributed by atoms with Crippen molar-refractivity contribution in [1.82, 2.24) is 15.3 Å². The maximum atomic E-state index is 12.4. The van der Waals surface area contributed by atoms with Gasteiger partial charge in [-0.3, -0.25) is 4.79 Å². The van der Waals surface area contributed by atoms with Gasteiger partial charge in [0.2, 0.25) is 0 Å². The predicted molar refractivity (Wildman–Crippen MR) is 88.9 cm³/mol. The fourth-order valence-electron chi connectivity index (χ4n) is 2.81. The van der Waals surface area contributed by atoms with Gasteiger partial charge in [-0.15, -0.1) is 11.3 Å². The molecule has 1 aliphatic rings. The van der Waals surface area contributed by atoms with Gasteiger partial charge in [0.1, 0.15) is 15.2 Å². The van der Waals surface area contributed by atoms with Gasteiger partial charge in [0.25, 0.3) is 5.91 Å². The third-order valence-corrected chi connectivity index (χ3v) is 6.61. The Hall–Kier alpha value is -1.34. The highest BCUT2D eigenvalue weighted by atomic mass is 32.2. The van der Waals surface area contributed by atoms with Crippen LogP contribution in [0.15, 0.2) is 12.4 Å². The van der Waals surface area contributed by atoms with Crippen molar-refractivity contribution in [2.45, 2.75) is 30.4 Å². The van der Waals surface area contributed by atoms with Gasteiger partial charge in [0, 0.05) is 23.7 Å². The maximum absolute atomic E-state index is 12.4. The molecule has 3 rings (SSSR count). The summed E-state index contributed by atoms with van der Waals surface area (Å²) in [5.41, 5.74) is 7.08. The summed E-state index contributed by atoms with van der Waals surface area (Å²) in [5.74, 6) is -0.113. The van der Waals surface area contributed by atoms with Crippen LogP contribution in [-0.4, -0.2) is 33.4 Å². The van der Waals surface area contributed by atoms with Gasteiger partial charge in [-0.1, -0.05) is 12.8 Å². The summed E-state index contributed by atoms with van der Waals surface area (Å²) in [4.78, 5) is 22.0. The van der Waals surface area contributed by atoms with E-state index in [0.717, 1.165) is 0 Å². The molecule has 0 atom stereocenters. The van der Waals surface area contributed by atoms with E-state index in [1.807, 2.05) is 11.8 Å². The van der Waals surface area contributed by atoms with Crippen LogP contribution >= 0.6 is 23.1 Å². The molecule has 3 N–H and O–H groups in total. The number of fused-ring (bicyclic) bond motifs is 1. The first-order valence-corrected chi connectivity index (χ1v) is 9.02. The monoisotopic (exact) mass is 322 g/mol. The summed E-state index contributed by atoms with van der Waals surface area (Å²) in [6, 6.07) is 0. The average Bonchev–Trinajstić information content (AvgIpc) is 3.11. The van der Waals surface area contributed by atoms with Gasteiger partial charge in [0.05, 0.1) is 5.69 Å². The van der Waals surface area contributed by atoms with Crippen LogP contribution in [0.25, 0.3) is 10.3 Å². The number of hydrogen-bond donors (Lipinski definition) is 2. The molecule has 21 heavy (non-hydrogen) atoms. The normalized spacial score (nSPS) is 17.2. The van der Waals surface area contributed by atoms with E-state index < -0.39 is 0 Å². The highest BCUT2D eigenvalue weighted by molar-refractivity contribution is 8.00. The Morgan fingerprint density at radius 1 is 1.43 bits per heavy atom. The number of nitrogens with one attached hydrogen (secondary N) is 1. The number of nitrogens with two attached hydrogens (primary N) is 1. The van der Waals surface area contributed by atoms with Gasteiger partial charge < -0.3 is 11.1 Å². The van der Waals surface area contributed by atoms with Crippen LogP contribution in [0.1, 0.15) is 35.4 Å². The second kappa shape index (κ2) is 5.81. The van der Waals surface area contributed by atoms with Crippen LogP contribution in [0, 0.1) is 0 Å². The fourth-order valence-corrected chi connectivity index (χ4v) is 4.66. The van der Waals surface area contributed by atoms with Gasteiger partial charge in [-0.05, 0) is 19.1 Å². The molecular weight excluding hydrogens is 304 g/mol. The summed E-state index contributed by atoms with van der Waals surface area (Å²) in [5, 5.41) is 3.05. The fraction of sp³-hybridized carbons (Fsp3) is 0.500. The maximum Gasteiger partial charge on any atom is 0.263 e. The molecular formula is C14H18N4OS2.